The maximum atomic E-state index is 12.5. The number of imide groups is 1. The van der Waals surface area contributed by atoms with Crippen LogP contribution in [0, 0.1) is 5.41 Å². The zero-order chi connectivity index (χ0) is 19.4. The van der Waals surface area contributed by atoms with E-state index in [9.17, 15) is 9.59 Å². The first kappa shape index (κ1) is 19.3. The zero-order valence-electron chi connectivity index (χ0n) is 16.6. The Hall–Kier alpha value is -2.02. The fourth-order valence-electron chi connectivity index (χ4n) is 5.08. The van der Waals surface area contributed by atoms with Crippen LogP contribution in [-0.2, 0) is 9.59 Å². The van der Waals surface area contributed by atoms with Gasteiger partial charge in [-0.15, -0.1) is 0 Å². The zero-order valence-corrected chi connectivity index (χ0v) is 16.6. The molecular formula is C21H31N5O2. The van der Waals surface area contributed by atoms with Crippen LogP contribution in [0.5, 0.6) is 0 Å². The number of aromatic nitrogens is 2. The van der Waals surface area contributed by atoms with Crippen LogP contribution in [0.2, 0.25) is 0 Å². The summed E-state index contributed by atoms with van der Waals surface area (Å²) in [6.07, 6.45) is 12.1. The Labute approximate surface area is 166 Å². The standard InChI is InChI=1S/C21H31N5O2/c27-18-14-21(7-2-3-8-21)15-19(28)26(18)12-4-1-6-17-16-25(13-11-22-17)20-23-9-5-10-24-20/h5,9-10,17,22H,1-4,6-8,11-16H2. The fraction of sp³-hybridized carbons (Fsp3) is 0.714. The van der Waals surface area contributed by atoms with Gasteiger partial charge in [0.25, 0.3) is 0 Å². The second-order valence-electron chi connectivity index (χ2n) is 8.64. The van der Waals surface area contributed by atoms with Gasteiger partial charge < -0.3 is 10.2 Å². The highest BCUT2D eigenvalue weighted by molar-refractivity contribution is 5.98. The predicted octanol–water partition coefficient (Wildman–Crippen LogP) is 2.13. The molecule has 1 unspecified atom stereocenters. The van der Waals surface area contributed by atoms with Gasteiger partial charge >= 0.3 is 0 Å². The van der Waals surface area contributed by atoms with Crippen molar-refractivity contribution in [3.63, 3.8) is 0 Å². The monoisotopic (exact) mass is 385 g/mol. The first-order valence-corrected chi connectivity index (χ1v) is 10.7. The fourth-order valence-corrected chi connectivity index (χ4v) is 5.08. The van der Waals surface area contributed by atoms with E-state index in [2.05, 4.69) is 20.2 Å². The molecule has 3 fully saturated rings. The average Bonchev–Trinajstić information content (AvgIpc) is 3.15. The van der Waals surface area contributed by atoms with Gasteiger partial charge in [0, 0.05) is 57.5 Å². The van der Waals surface area contributed by atoms with Gasteiger partial charge in [-0.3, -0.25) is 14.5 Å². The van der Waals surface area contributed by atoms with Gasteiger partial charge in [-0.25, -0.2) is 9.97 Å². The van der Waals surface area contributed by atoms with Crippen molar-refractivity contribution in [2.75, 3.05) is 31.1 Å². The van der Waals surface area contributed by atoms with E-state index >= 15 is 0 Å². The quantitative estimate of drug-likeness (QED) is 0.597. The Morgan fingerprint density at radius 2 is 1.79 bits per heavy atom. The largest absolute Gasteiger partial charge is 0.338 e. The number of hydrogen-bond acceptors (Lipinski definition) is 6. The minimum absolute atomic E-state index is 0.000345. The smallest absolute Gasteiger partial charge is 0.229 e. The third-order valence-electron chi connectivity index (χ3n) is 6.59. The number of nitrogens with zero attached hydrogens (tertiary/aromatic N) is 4. The molecule has 1 atom stereocenters. The molecule has 152 valence electrons. The van der Waals surface area contributed by atoms with Gasteiger partial charge in [-0.1, -0.05) is 19.3 Å². The van der Waals surface area contributed by atoms with Gasteiger partial charge in [0.2, 0.25) is 17.8 Å². The number of rotatable bonds is 6. The molecule has 1 saturated carbocycles. The Kier molecular flexibility index (Phi) is 5.90. The lowest BCUT2D eigenvalue weighted by atomic mass is 9.76. The molecule has 4 rings (SSSR count). The van der Waals surface area contributed by atoms with Crippen molar-refractivity contribution >= 4 is 17.8 Å². The number of nitrogens with one attached hydrogen (secondary N) is 1. The molecule has 28 heavy (non-hydrogen) atoms. The van der Waals surface area contributed by atoms with Crippen molar-refractivity contribution in [1.82, 2.24) is 20.2 Å². The van der Waals surface area contributed by atoms with E-state index < -0.39 is 0 Å². The lowest BCUT2D eigenvalue weighted by molar-refractivity contribution is -0.153. The molecule has 7 nitrogen and oxygen atoms in total. The van der Waals surface area contributed by atoms with Crippen molar-refractivity contribution < 1.29 is 9.59 Å². The number of piperazine rings is 1. The summed E-state index contributed by atoms with van der Waals surface area (Å²) in [7, 11) is 0. The van der Waals surface area contributed by atoms with E-state index in [-0.39, 0.29) is 17.2 Å². The summed E-state index contributed by atoms with van der Waals surface area (Å²) in [5, 5.41) is 3.56. The van der Waals surface area contributed by atoms with Crippen molar-refractivity contribution in [3.05, 3.63) is 18.5 Å². The molecule has 0 radical (unpaired) electrons. The number of piperidine rings is 1. The molecule has 1 aromatic rings. The van der Waals surface area contributed by atoms with Crippen LogP contribution in [0.1, 0.15) is 57.8 Å². The van der Waals surface area contributed by atoms with Gasteiger partial charge in [0.1, 0.15) is 0 Å². The van der Waals surface area contributed by atoms with Crippen molar-refractivity contribution in [3.8, 4) is 0 Å². The van der Waals surface area contributed by atoms with Crippen LogP contribution >= 0.6 is 0 Å². The minimum atomic E-state index is -0.000345. The van der Waals surface area contributed by atoms with Crippen LogP contribution < -0.4 is 10.2 Å². The molecular weight excluding hydrogens is 354 g/mol. The van der Waals surface area contributed by atoms with Gasteiger partial charge in [0.15, 0.2) is 0 Å². The molecule has 3 heterocycles. The van der Waals surface area contributed by atoms with Gasteiger partial charge in [0.05, 0.1) is 0 Å². The highest BCUT2D eigenvalue weighted by atomic mass is 16.2. The van der Waals surface area contributed by atoms with Crippen molar-refractivity contribution in [2.45, 2.75) is 63.8 Å². The third-order valence-corrected chi connectivity index (χ3v) is 6.59. The molecule has 2 aliphatic heterocycles. The molecule has 0 aromatic carbocycles. The Bertz CT molecular complexity index is 669. The number of amides is 2. The van der Waals surface area contributed by atoms with Crippen molar-refractivity contribution in [1.29, 1.82) is 0 Å². The summed E-state index contributed by atoms with van der Waals surface area (Å²) in [5.74, 6) is 0.905. The first-order valence-electron chi connectivity index (χ1n) is 10.7. The lowest BCUT2D eigenvalue weighted by Gasteiger charge is -2.37. The average molecular weight is 386 g/mol. The Balaban J connectivity index is 1.20. The summed E-state index contributed by atoms with van der Waals surface area (Å²) in [4.78, 5) is 37.5. The summed E-state index contributed by atoms with van der Waals surface area (Å²) in [6, 6.07) is 2.23. The van der Waals surface area contributed by atoms with E-state index in [0.717, 1.165) is 57.7 Å². The summed E-state index contributed by atoms with van der Waals surface area (Å²) in [5.41, 5.74) is -0.000345. The molecule has 1 spiro atoms. The second-order valence-corrected chi connectivity index (χ2v) is 8.64. The minimum Gasteiger partial charge on any atom is -0.338 e. The molecule has 2 amide bonds. The number of hydrogen-bond donors (Lipinski definition) is 1. The maximum absolute atomic E-state index is 12.5. The lowest BCUT2D eigenvalue weighted by Crippen LogP contribution is -2.51. The number of likely N-dealkylation sites (tertiary alicyclic amines) is 1. The molecule has 1 N–H and O–H groups in total. The third kappa shape index (κ3) is 4.35. The number of carbonyl (C=O) groups excluding carboxylic acids is 2. The number of carbonyl (C=O) groups is 2. The van der Waals surface area contributed by atoms with Crippen LogP contribution in [0.3, 0.4) is 0 Å². The van der Waals surface area contributed by atoms with E-state index in [1.54, 1.807) is 12.4 Å². The summed E-state index contributed by atoms with van der Waals surface area (Å²) < 4.78 is 0. The van der Waals surface area contributed by atoms with Gasteiger partial charge in [-0.2, -0.15) is 0 Å². The molecule has 1 aliphatic carbocycles. The normalized spacial score (nSPS) is 24.9. The number of anilines is 1. The first-order chi connectivity index (χ1) is 13.7. The topological polar surface area (TPSA) is 78.4 Å². The van der Waals surface area contributed by atoms with Gasteiger partial charge in [-0.05, 0) is 37.2 Å². The summed E-state index contributed by atoms with van der Waals surface area (Å²) in [6.45, 7) is 3.31. The Morgan fingerprint density at radius 3 is 2.50 bits per heavy atom. The highest BCUT2D eigenvalue weighted by Gasteiger charge is 2.44. The molecule has 7 heteroatoms. The van der Waals surface area contributed by atoms with Crippen LogP contribution in [0.4, 0.5) is 5.95 Å². The maximum Gasteiger partial charge on any atom is 0.229 e. The van der Waals surface area contributed by atoms with E-state index in [0.29, 0.717) is 25.4 Å². The van der Waals surface area contributed by atoms with Crippen LogP contribution in [-0.4, -0.2) is 58.9 Å². The van der Waals surface area contributed by atoms with E-state index in [1.807, 2.05) is 6.07 Å². The van der Waals surface area contributed by atoms with E-state index in [4.69, 9.17) is 0 Å². The van der Waals surface area contributed by atoms with Crippen LogP contribution in [0.25, 0.3) is 0 Å². The SMILES string of the molecule is O=C1CC2(CCCC2)CC(=O)N1CCCCC1CN(c2ncccn2)CCN1. The molecule has 1 aromatic heterocycles. The summed E-state index contributed by atoms with van der Waals surface area (Å²) >= 11 is 0. The number of unbranched alkanes of at least 4 members (excludes halogenated alkanes) is 1. The van der Waals surface area contributed by atoms with Crippen LogP contribution in [0.15, 0.2) is 18.5 Å². The highest BCUT2D eigenvalue weighted by Crippen LogP contribution is 2.46. The predicted molar refractivity (Wildman–Crippen MR) is 107 cm³/mol. The molecule has 2 saturated heterocycles. The Morgan fingerprint density at radius 1 is 1.07 bits per heavy atom. The van der Waals surface area contributed by atoms with E-state index in [1.165, 1.54) is 17.7 Å². The van der Waals surface area contributed by atoms with Crippen molar-refractivity contribution in [2.24, 2.45) is 5.41 Å². The molecule has 3 aliphatic rings. The second kappa shape index (κ2) is 8.55. The molecule has 0 bridgehead atoms.